The summed E-state index contributed by atoms with van der Waals surface area (Å²) in [5.41, 5.74) is 1.52. The van der Waals surface area contributed by atoms with Crippen LogP contribution in [0, 0.1) is 11.8 Å². The van der Waals surface area contributed by atoms with Crippen LogP contribution in [-0.2, 0) is 0 Å². The van der Waals surface area contributed by atoms with Crippen molar-refractivity contribution in [3.63, 3.8) is 0 Å². The minimum atomic E-state index is 0.591. The van der Waals surface area contributed by atoms with Gasteiger partial charge in [-0.25, -0.2) is 0 Å². The van der Waals surface area contributed by atoms with Crippen LogP contribution >= 0.6 is 11.8 Å². The van der Waals surface area contributed by atoms with Crippen molar-refractivity contribution in [3.8, 4) is 0 Å². The Morgan fingerprint density at radius 1 is 1.29 bits per heavy atom. The third-order valence-electron chi connectivity index (χ3n) is 4.07. The van der Waals surface area contributed by atoms with Crippen LogP contribution in [0.2, 0.25) is 0 Å². The molecule has 0 amide bonds. The van der Waals surface area contributed by atoms with Gasteiger partial charge in [0.1, 0.15) is 0 Å². The topological polar surface area (TPSA) is 12.0 Å². The Balaban J connectivity index is 1.63. The molecule has 2 unspecified atom stereocenters. The first-order chi connectivity index (χ1) is 8.34. The molecule has 1 aromatic carbocycles. The smallest absolute Gasteiger partial charge is 0.0339 e. The third-order valence-corrected chi connectivity index (χ3v) is 5.19. The van der Waals surface area contributed by atoms with Crippen LogP contribution < -0.4 is 5.32 Å². The summed E-state index contributed by atoms with van der Waals surface area (Å²) in [4.78, 5) is 1.48. The largest absolute Gasteiger partial charge is 0.310 e. The zero-order valence-electron chi connectivity index (χ0n) is 10.5. The lowest BCUT2D eigenvalue weighted by molar-refractivity contribution is 0.411. The monoisotopic (exact) mass is 247 g/mol. The Hall–Kier alpha value is -0.470. The first kappa shape index (κ1) is 11.6. The van der Waals surface area contributed by atoms with E-state index in [1.807, 2.05) is 11.8 Å². The number of rotatable bonds is 4. The minimum absolute atomic E-state index is 0.591. The summed E-state index contributed by atoms with van der Waals surface area (Å²) in [5, 5.41) is 3.79. The number of nitrogens with one attached hydrogen (secondary N) is 1. The minimum Gasteiger partial charge on any atom is -0.310 e. The predicted octanol–water partition coefficient (Wildman–Crippen LogP) is 3.86. The molecule has 2 aliphatic rings. The quantitative estimate of drug-likeness (QED) is 0.867. The lowest BCUT2D eigenvalue weighted by atomic mass is 10.0. The van der Waals surface area contributed by atoms with Gasteiger partial charge in [0.05, 0.1) is 0 Å². The van der Waals surface area contributed by atoms with Crippen molar-refractivity contribution >= 4 is 11.8 Å². The van der Waals surface area contributed by atoms with E-state index in [9.17, 15) is 0 Å². The zero-order valence-corrected chi connectivity index (χ0v) is 11.3. The third kappa shape index (κ3) is 2.69. The average Bonchev–Trinajstić information content (AvgIpc) is 3.20. The van der Waals surface area contributed by atoms with Gasteiger partial charge in [0, 0.05) is 10.9 Å². The number of thioether (sulfide) groups is 1. The van der Waals surface area contributed by atoms with Gasteiger partial charge in [-0.1, -0.05) is 25.1 Å². The molecule has 17 heavy (non-hydrogen) atoms. The highest BCUT2D eigenvalue weighted by atomic mass is 32.2. The summed E-state index contributed by atoms with van der Waals surface area (Å²) >= 11 is 2.01. The number of hydrogen-bond donors (Lipinski definition) is 1. The molecule has 1 saturated carbocycles. The number of hydrogen-bond acceptors (Lipinski definition) is 2. The molecule has 2 atom stereocenters. The summed E-state index contributed by atoms with van der Waals surface area (Å²) in [6.07, 6.45) is 4.19. The lowest BCUT2D eigenvalue weighted by Crippen LogP contribution is -2.29. The molecule has 3 rings (SSSR count). The van der Waals surface area contributed by atoms with E-state index >= 15 is 0 Å². The van der Waals surface area contributed by atoms with Crippen LogP contribution in [0.15, 0.2) is 29.2 Å². The van der Waals surface area contributed by atoms with E-state index in [1.165, 1.54) is 42.0 Å². The van der Waals surface area contributed by atoms with Gasteiger partial charge in [-0.15, -0.1) is 11.8 Å². The van der Waals surface area contributed by atoms with Crippen LogP contribution in [0.4, 0.5) is 0 Å². The van der Waals surface area contributed by atoms with Crippen molar-refractivity contribution < 1.29 is 0 Å². The number of fused-ring (bicyclic) bond motifs is 1. The van der Waals surface area contributed by atoms with E-state index < -0.39 is 0 Å². The summed E-state index contributed by atoms with van der Waals surface area (Å²) in [5.74, 6) is 3.12. The van der Waals surface area contributed by atoms with Crippen molar-refractivity contribution in [2.24, 2.45) is 11.8 Å². The van der Waals surface area contributed by atoms with Gasteiger partial charge in [0.15, 0.2) is 0 Å². The van der Waals surface area contributed by atoms with Crippen LogP contribution in [-0.4, -0.2) is 12.3 Å². The van der Waals surface area contributed by atoms with Crippen molar-refractivity contribution in [3.05, 3.63) is 29.8 Å². The molecule has 0 aromatic heterocycles. The average molecular weight is 247 g/mol. The molecule has 1 aromatic rings. The van der Waals surface area contributed by atoms with Crippen molar-refractivity contribution in [2.75, 3.05) is 12.3 Å². The Morgan fingerprint density at radius 3 is 2.94 bits per heavy atom. The molecule has 0 bridgehead atoms. The summed E-state index contributed by atoms with van der Waals surface area (Å²) in [6.45, 7) is 3.59. The molecule has 1 aliphatic heterocycles. The Bertz CT molecular complexity index is 386. The highest BCUT2D eigenvalue weighted by Gasteiger charge is 2.28. The van der Waals surface area contributed by atoms with Crippen LogP contribution in [0.1, 0.15) is 37.8 Å². The van der Waals surface area contributed by atoms with E-state index in [-0.39, 0.29) is 0 Å². The number of benzene rings is 1. The molecular weight excluding hydrogens is 226 g/mol. The molecule has 1 heterocycles. The maximum atomic E-state index is 3.79. The molecule has 1 fully saturated rings. The fourth-order valence-electron chi connectivity index (χ4n) is 2.71. The van der Waals surface area contributed by atoms with Crippen LogP contribution in [0.25, 0.3) is 0 Å². The zero-order chi connectivity index (χ0) is 11.7. The molecule has 2 heteroatoms. The van der Waals surface area contributed by atoms with Crippen LogP contribution in [0.3, 0.4) is 0 Å². The normalized spacial score (nSPS) is 25.4. The van der Waals surface area contributed by atoms with E-state index in [0.717, 1.165) is 11.8 Å². The molecule has 1 aliphatic carbocycles. The molecule has 1 nitrogen and oxygen atoms in total. The second kappa shape index (κ2) is 5.03. The first-order valence-corrected chi connectivity index (χ1v) is 7.78. The Labute approximate surface area is 108 Å². The fourth-order valence-corrected chi connectivity index (χ4v) is 3.84. The SMILES string of the molecule is CC(CNC1CCSc2ccccc21)C1CC1. The highest BCUT2D eigenvalue weighted by molar-refractivity contribution is 7.99. The van der Waals surface area contributed by atoms with E-state index in [4.69, 9.17) is 0 Å². The maximum Gasteiger partial charge on any atom is 0.0339 e. The Kier molecular flexibility index (Phi) is 3.44. The molecule has 0 saturated heterocycles. The van der Waals surface area contributed by atoms with Gasteiger partial charge < -0.3 is 5.32 Å². The Morgan fingerprint density at radius 2 is 2.12 bits per heavy atom. The predicted molar refractivity (Wildman–Crippen MR) is 74.4 cm³/mol. The second-order valence-corrected chi connectivity index (χ2v) is 6.59. The molecule has 0 spiro atoms. The standard InChI is InChI=1S/C15H21NS/c1-11(12-6-7-12)10-16-14-8-9-17-15-5-3-2-4-13(14)15/h2-5,11-12,14,16H,6-10H2,1H3. The summed E-state index contributed by atoms with van der Waals surface area (Å²) in [7, 11) is 0. The molecule has 0 radical (unpaired) electrons. The molecular formula is C15H21NS. The molecule has 92 valence electrons. The van der Waals surface area contributed by atoms with Crippen molar-refractivity contribution in [1.29, 1.82) is 0 Å². The molecule has 1 N–H and O–H groups in total. The highest BCUT2D eigenvalue weighted by Crippen LogP contribution is 2.38. The fraction of sp³-hybridized carbons (Fsp3) is 0.600. The van der Waals surface area contributed by atoms with Crippen molar-refractivity contribution in [1.82, 2.24) is 5.32 Å². The summed E-state index contributed by atoms with van der Waals surface area (Å²) < 4.78 is 0. The van der Waals surface area contributed by atoms with Crippen LogP contribution in [0.5, 0.6) is 0 Å². The van der Waals surface area contributed by atoms with Gasteiger partial charge in [0.2, 0.25) is 0 Å². The van der Waals surface area contributed by atoms with E-state index in [0.29, 0.717) is 6.04 Å². The van der Waals surface area contributed by atoms with Gasteiger partial charge >= 0.3 is 0 Å². The summed E-state index contributed by atoms with van der Waals surface area (Å²) in [6, 6.07) is 9.47. The van der Waals surface area contributed by atoms with E-state index in [1.54, 1.807) is 0 Å². The second-order valence-electron chi connectivity index (χ2n) is 5.45. The first-order valence-electron chi connectivity index (χ1n) is 6.79. The van der Waals surface area contributed by atoms with Gasteiger partial charge in [-0.3, -0.25) is 0 Å². The van der Waals surface area contributed by atoms with Gasteiger partial charge in [-0.05, 0) is 55.0 Å². The van der Waals surface area contributed by atoms with Gasteiger partial charge in [0.25, 0.3) is 0 Å². The lowest BCUT2D eigenvalue weighted by Gasteiger charge is -2.27. The maximum absolute atomic E-state index is 3.79. The van der Waals surface area contributed by atoms with Gasteiger partial charge in [-0.2, -0.15) is 0 Å². The van der Waals surface area contributed by atoms with Crippen molar-refractivity contribution in [2.45, 2.75) is 37.1 Å². The van der Waals surface area contributed by atoms with E-state index in [2.05, 4.69) is 36.5 Å².